The molecule has 0 aliphatic carbocycles. The zero-order valence-electron chi connectivity index (χ0n) is 13.4. The molecule has 2 N–H and O–H groups in total. The van der Waals surface area contributed by atoms with Crippen molar-refractivity contribution in [1.29, 1.82) is 0 Å². The molecule has 0 fully saturated rings. The van der Waals surface area contributed by atoms with Crippen molar-refractivity contribution in [2.24, 2.45) is 5.92 Å². The topological polar surface area (TPSA) is 52.6 Å². The number of benzene rings is 1. The summed E-state index contributed by atoms with van der Waals surface area (Å²) >= 11 is 0. The number of aliphatic hydroxyl groups is 1. The molecule has 2 amide bonds. The first kappa shape index (κ1) is 17.5. The Morgan fingerprint density at radius 2 is 1.90 bits per heavy atom. The van der Waals surface area contributed by atoms with Crippen LogP contribution in [0.25, 0.3) is 0 Å². The first-order valence-corrected chi connectivity index (χ1v) is 7.81. The van der Waals surface area contributed by atoms with Gasteiger partial charge in [0.1, 0.15) is 0 Å². The number of amides is 2. The molecule has 0 spiro atoms. The Balaban J connectivity index is 2.75. The predicted octanol–water partition coefficient (Wildman–Crippen LogP) is 3.19. The van der Waals surface area contributed by atoms with Crippen LogP contribution in [0.3, 0.4) is 0 Å². The Morgan fingerprint density at radius 1 is 1.24 bits per heavy atom. The average Bonchev–Trinajstić information content (AvgIpc) is 2.49. The van der Waals surface area contributed by atoms with E-state index in [2.05, 4.69) is 26.1 Å². The Hall–Kier alpha value is -1.55. The normalized spacial score (nSPS) is 12.2. The number of carbonyl (C=O) groups is 1. The van der Waals surface area contributed by atoms with Crippen LogP contribution in [-0.2, 0) is 0 Å². The van der Waals surface area contributed by atoms with Crippen molar-refractivity contribution >= 4 is 6.03 Å². The third-order valence-electron chi connectivity index (χ3n) is 3.54. The lowest BCUT2D eigenvalue weighted by Crippen LogP contribution is -2.44. The fourth-order valence-electron chi connectivity index (χ4n) is 2.30. The van der Waals surface area contributed by atoms with Crippen LogP contribution in [-0.4, -0.2) is 35.7 Å². The molecular weight excluding hydrogens is 264 g/mol. The van der Waals surface area contributed by atoms with Gasteiger partial charge in [-0.3, -0.25) is 0 Å². The highest BCUT2D eigenvalue weighted by atomic mass is 16.3. The molecule has 0 aliphatic rings. The molecule has 21 heavy (non-hydrogen) atoms. The summed E-state index contributed by atoms with van der Waals surface area (Å²) in [5, 5.41) is 12.2. The van der Waals surface area contributed by atoms with Gasteiger partial charge < -0.3 is 15.3 Å². The van der Waals surface area contributed by atoms with E-state index in [0.29, 0.717) is 19.0 Å². The standard InChI is InChI=1S/C17H28N2O2/c1-4-5-11-19(12-13-20)17(21)18-16(14(2)3)15-9-7-6-8-10-15/h6-10,14,16,20H,4-5,11-13H2,1-3H3,(H,18,21). The van der Waals surface area contributed by atoms with Crippen LogP contribution < -0.4 is 5.32 Å². The lowest BCUT2D eigenvalue weighted by Gasteiger charge is -2.28. The highest BCUT2D eigenvalue weighted by Gasteiger charge is 2.21. The quantitative estimate of drug-likeness (QED) is 0.773. The zero-order chi connectivity index (χ0) is 15.7. The lowest BCUT2D eigenvalue weighted by molar-refractivity contribution is 0.170. The molecule has 0 bridgehead atoms. The molecule has 1 atom stereocenters. The van der Waals surface area contributed by atoms with E-state index in [1.54, 1.807) is 4.90 Å². The number of carbonyl (C=O) groups excluding carboxylic acids is 1. The summed E-state index contributed by atoms with van der Waals surface area (Å²) in [5.74, 6) is 0.304. The number of hydrogen-bond donors (Lipinski definition) is 2. The summed E-state index contributed by atoms with van der Waals surface area (Å²) in [6, 6.07) is 9.91. The number of unbranched alkanes of at least 4 members (excludes halogenated alkanes) is 1. The first-order valence-electron chi connectivity index (χ1n) is 7.81. The fourth-order valence-corrected chi connectivity index (χ4v) is 2.30. The van der Waals surface area contributed by atoms with Crippen molar-refractivity contribution in [2.45, 2.75) is 39.7 Å². The van der Waals surface area contributed by atoms with Gasteiger partial charge in [0.15, 0.2) is 0 Å². The Labute approximate surface area is 128 Å². The van der Waals surface area contributed by atoms with Gasteiger partial charge in [-0.25, -0.2) is 4.79 Å². The number of rotatable bonds is 8. The molecule has 4 nitrogen and oxygen atoms in total. The van der Waals surface area contributed by atoms with Crippen LogP contribution in [0.2, 0.25) is 0 Å². The molecule has 0 saturated heterocycles. The van der Waals surface area contributed by atoms with Crippen LogP contribution in [0, 0.1) is 5.92 Å². The summed E-state index contributed by atoms with van der Waals surface area (Å²) in [5.41, 5.74) is 1.11. The molecule has 0 heterocycles. The highest BCUT2D eigenvalue weighted by molar-refractivity contribution is 5.74. The van der Waals surface area contributed by atoms with E-state index in [-0.39, 0.29) is 18.7 Å². The largest absolute Gasteiger partial charge is 0.395 e. The van der Waals surface area contributed by atoms with Crippen molar-refractivity contribution in [3.63, 3.8) is 0 Å². The summed E-state index contributed by atoms with van der Waals surface area (Å²) in [6.45, 7) is 7.35. The Morgan fingerprint density at radius 3 is 2.43 bits per heavy atom. The maximum atomic E-state index is 12.4. The first-order chi connectivity index (χ1) is 10.1. The third kappa shape index (κ3) is 5.76. The molecule has 0 aliphatic heterocycles. The SMILES string of the molecule is CCCCN(CCO)C(=O)NC(c1ccccc1)C(C)C. The van der Waals surface area contributed by atoms with E-state index in [1.165, 1.54) is 0 Å². The number of nitrogens with one attached hydrogen (secondary N) is 1. The van der Waals surface area contributed by atoms with Crippen molar-refractivity contribution in [3.8, 4) is 0 Å². The van der Waals surface area contributed by atoms with Gasteiger partial charge in [-0.05, 0) is 17.9 Å². The summed E-state index contributed by atoms with van der Waals surface area (Å²) < 4.78 is 0. The van der Waals surface area contributed by atoms with E-state index in [9.17, 15) is 4.79 Å². The van der Waals surface area contributed by atoms with Gasteiger partial charge in [-0.15, -0.1) is 0 Å². The second-order valence-electron chi connectivity index (χ2n) is 5.65. The highest BCUT2D eigenvalue weighted by Crippen LogP contribution is 2.21. The van der Waals surface area contributed by atoms with Gasteiger partial charge in [0, 0.05) is 13.1 Å². The minimum Gasteiger partial charge on any atom is -0.395 e. The van der Waals surface area contributed by atoms with Crippen LogP contribution in [0.15, 0.2) is 30.3 Å². The van der Waals surface area contributed by atoms with Gasteiger partial charge in [0.05, 0.1) is 12.6 Å². The summed E-state index contributed by atoms with van der Waals surface area (Å²) in [6.07, 6.45) is 1.98. The molecular formula is C17H28N2O2. The van der Waals surface area contributed by atoms with Crippen molar-refractivity contribution in [3.05, 3.63) is 35.9 Å². The maximum Gasteiger partial charge on any atom is 0.317 e. The van der Waals surface area contributed by atoms with Crippen LogP contribution >= 0.6 is 0 Å². The minimum absolute atomic E-state index is 0.00514. The third-order valence-corrected chi connectivity index (χ3v) is 3.54. The number of hydrogen-bond acceptors (Lipinski definition) is 2. The van der Waals surface area contributed by atoms with Gasteiger partial charge in [0.25, 0.3) is 0 Å². The second-order valence-corrected chi connectivity index (χ2v) is 5.65. The molecule has 1 aromatic carbocycles. The van der Waals surface area contributed by atoms with Crippen LogP contribution in [0.5, 0.6) is 0 Å². The molecule has 0 saturated carbocycles. The van der Waals surface area contributed by atoms with Crippen molar-refractivity contribution < 1.29 is 9.90 Å². The molecule has 118 valence electrons. The van der Waals surface area contributed by atoms with Crippen molar-refractivity contribution in [1.82, 2.24) is 10.2 Å². The second kappa shape index (κ2) is 9.40. The lowest BCUT2D eigenvalue weighted by atomic mass is 9.96. The smallest absolute Gasteiger partial charge is 0.317 e. The van der Waals surface area contributed by atoms with E-state index < -0.39 is 0 Å². The summed E-state index contributed by atoms with van der Waals surface area (Å²) in [7, 11) is 0. The van der Waals surface area contributed by atoms with Gasteiger partial charge in [-0.1, -0.05) is 57.5 Å². The predicted molar refractivity (Wildman–Crippen MR) is 86.1 cm³/mol. The number of aliphatic hydroxyl groups excluding tert-OH is 1. The molecule has 0 aromatic heterocycles. The maximum absolute atomic E-state index is 12.4. The Bertz CT molecular complexity index is 407. The van der Waals surface area contributed by atoms with E-state index in [4.69, 9.17) is 5.11 Å². The zero-order valence-corrected chi connectivity index (χ0v) is 13.4. The number of nitrogens with zero attached hydrogens (tertiary/aromatic N) is 1. The average molecular weight is 292 g/mol. The van der Waals surface area contributed by atoms with Crippen LogP contribution in [0.4, 0.5) is 4.79 Å². The molecule has 4 heteroatoms. The fraction of sp³-hybridized carbons (Fsp3) is 0.588. The Kier molecular flexibility index (Phi) is 7.83. The van der Waals surface area contributed by atoms with Gasteiger partial charge in [0.2, 0.25) is 0 Å². The van der Waals surface area contributed by atoms with Gasteiger partial charge >= 0.3 is 6.03 Å². The summed E-state index contributed by atoms with van der Waals surface area (Å²) in [4.78, 5) is 14.1. The molecule has 1 aromatic rings. The molecule has 0 radical (unpaired) electrons. The molecule has 1 rings (SSSR count). The van der Waals surface area contributed by atoms with E-state index >= 15 is 0 Å². The van der Waals surface area contributed by atoms with Crippen LogP contribution in [0.1, 0.15) is 45.2 Å². The minimum atomic E-state index is -0.0972. The molecule has 1 unspecified atom stereocenters. The van der Waals surface area contributed by atoms with E-state index in [0.717, 1.165) is 18.4 Å². The number of urea groups is 1. The monoisotopic (exact) mass is 292 g/mol. The van der Waals surface area contributed by atoms with Crippen molar-refractivity contribution in [2.75, 3.05) is 19.7 Å². The van der Waals surface area contributed by atoms with E-state index in [1.807, 2.05) is 30.3 Å². The van der Waals surface area contributed by atoms with Gasteiger partial charge in [-0.2, -0.15) is 0 Å².